The molecule has 1 saturated heterocycles. The normalized spacial score (nSPS) is 14.3. The Labute approximate surface area is 172 Å². The molecule has 1 aliphatic heterocycles. The summed E-state index contributed by atoms with van der Waals surface area (Å²) < 4.78 is 0. The van der Waals surface area contributed by atoms with E-state index in [0.717, 1.165) is 16.1 Å². The van der Waals surface area contributed by atoms with Crippen molar-refractivity contribution >= 4 is 34.0 Å². The monoisotopic (exact) mass is 401 g/mol. The van der Waals surface area contributed by atoms with Crippen molar-refractivity contribution in [2.75, 3.05) is 31.1 Å². The molecule has 1 amide bonds. The van der Waals surface area contributed by atoms with Gasteiger partial charge < -0.3 is 9.80 Å². The fourth-order valence-corrected chi connectivity index (χ4v) is 4.27. The summed E-state index contributed by atoms with van der Waals surface area (Å²) in [5.74, 6) is 0.711. The molecule has 2 aromatic carbocycles. The van der Waals surface area contributed by atoms with E-state index in [4.69, 9.17) is 4.98 Å². The van der Waals surface area contributed by atoms with Gasteiger partial charge in [-0.1, -0.05) is 42.5 Å². The van der Waals surface area contributed by atoms with Crippen molar-refractivity contribution in [3.05, 3.63) is 71.1 Å². The van der Waals surface area contributed by atoms with Crippen molar-refractivity contribution in [2.45, 2.75) is 0 Å². The van der Waals surface area contributed by atoms with Crippen molar-refractivity contribution in [1.29, 1.82) is 0 Å². The molecule has 0 saturated carbocycles. The molecule has 4 aromatic rings. The fourth-order valence-electron chi connectivity index (χ4n) is 3.58. The largest absolute Gasteiger partial charge is 0.336 e. The van der Waals surface area contributed by atoms with E-state index in [1.807, 2.05) is 34.5 Å². The molecule has 0 spiro atoms. The molecule has 6 nitrogen and oxygen atoms in total. The highest BCUT2D eigenvalue weighted by molar-refractivity contribution is 7.12. The number of rotatable bonds is 3. The standard InChI is InChI=1S/C22H19N5OS/c28-21(20-6-3-13-29-20)26-9-11-27(12-10-26)22-24-19(15-23-25-22)18-8-7-16-4-1-2-5-17(16)14-18/h1-8,13-15H,9-12H2. The zero-order chi connectivity index (χ0) is 19.6. The molecular weight excluding hydrogens is 382 g/mol. The Kier molecular flexibility index (Phi) is 4.65. The summed E-state index contributed by atoms with van der Waals surface area (Å²) in [7, 11) is 0. The second-order valence-corrected chi connectivity index (χ2v) is 7.91. The maximum atomic E-state index is 12.5. The number of aromatic nitrogens is 3. The van der Waals surface area contributed by atoms with Crippen LogP contribution in [-0.4, -0.2) is 52.2 Å². The summed E-state index contributed by atoms with van der Waals surface area (Å²) in [5, 5.41) is 12.7. The van der Waals surface area contributed by atoms with E-state index in [0.29, 0.717) is 32.1 Å². The average molecular weight is 401 g/mol. The lowest BCUT2D eigenvalue weighted by atomic mass is 10.1. The molecular formula is C22H19N5OS. The number of hydrogen-bond acceptors (Lipinski definition) is 6. The summed E-state index contributed by atoms with van der Waals surface area (Å²) in [6.07, 6.45) is 1.70. The highest BCUT2D eigenvalue weighted by atomic mass is 32.1. The Morgan fingerprint density at radius 1 is 0.931 bits per heavy atom. The number of benzene rings is 2. The third-order valence-electron chi connectivity index (χ3n) is 5.17. The van der Waals surface area contributed by atoms with Gasteiger partial charge in [0.1, 0.15) is 0 Å². The van der Waals surface area contributed by atoms with Crippen LogP contribution >= 0.6 is 11.3 Å². The number of carbonyl (C=O) groups excluding carboxylic acids is 1. The van der Waals surface area contributed by atoms with Gasteiger partial charge >= 0.3 is 0 Å². The third kappa shape index (κ3) is 3.56. The van der Waals surface area contributed by atoms with E-state index in [1.165, 1.54) is 22.1 Å². The van der Waals surface area contributed by atoms with Crippen LogP contribution in [0.15, 0.2) is 66.2 Å². The Hall–Kier alpha value is -3.32. The molecule has 0 unspecified atom stereocenters. The average Bonchev–Trinajstić information content (AvgIpc) is 3.33. The molecule has 3 heterocycles. The van der Waals surface area contributed by atoms with Gasteiger partial charge in [-0.3, -0.25) is 4.79 Å². The number of hydrogen-bond donors (Lipinski definition) is 0. The van der Waals surface area contributed by atoms with E-state index in [9.17, 15) is 4.79 Å². The van der Waals surface area contributed by atoms with Crippen LogP contribution in [0.2, 0.25) is 0 Å². The summed E-state index contributed by atoms with van der Waals surface area (Å²) in [4.78, 5) is 22.0. The van der Waals surface area contributed by atoms with Crippen LogP contribution in [0.3, 0.4) is 0 Å². The van der Waals surface area contributed by atoms with Crippen LogP contribution in [-0.2, 0) is 0 Å². The molecule has 1 aliphatic rings. The van der Waals surface area contributed by atoms with Crippen molar-refractivity contribution in [2.24, 2.45) is 0 Å². The summed E-state index contributed by atoms with van der Waals surface area (Å²) in [6, 6.07) is 18.3. The van der Waals surface area contributed by atoms with Gasteiger partial charge in [-0.05, 0) is 28.3 Å². The Bertz CT molecular complexity index is 1150. The molecule has 5 rings (SSSR count). The third-order valence-corrected chi connectivity index (χ3v) is 6.03. The number of piperazine rings is 1. The van der Waals surface area contributed by atoms with Gasteiger partial charge in [0.15, 0.2) is 0 Å². The molecule has 0 radical (unpaired) electrons. The van der Waals surface area contributed by atoms with Gasteiger partial charge in [0.05, 0.1) is 16.8 Å². The molecule has 7 heteroatoms. The lowest BCUT2D eigenvalue weighted by Gasteiger charge is -2.34. The molecule has 144 valence electrons. The van der Waals surface area contributed by atoms with Gasteiger partial charge in [-0.2, -0.15) is 5.10 Å². The molecule has 2 aromatic heterocycles. The highest BCUT2D eigenvalue weighted by Gasteiger charge is 2.24. The summed E-state index contributed by atoms with van der Waals surface area (Å²) >= 11 is 1.48. The molecule has 29 heavy (non-hydrogen) atoms. The minimum Gasteiger partial charge on any atom is -0.336 e. The summed E-state index contributed by atoms with van der Waals surface area (Å²) in [6.45, 7) is 2.69. The number of amides is 1. The van der Waals surface area contributed by atoms with E-state index >= 15 is 0 Å². The van der Waals surface area contributed by atoms with E-state index < -0.39 is 0 Å². The SMILES string of the molecule is O=C(c1cccs1)N1CCN(c2nncc(-c3ccc4ccccc4c3)n2)CC1. The first-order valence-corrected chi connectivity index (χ1v) is 10.4. The van der Waals surface area contributed by atoms with Gasteiger partial charge in [0.2, 0.25) is 5.95 Å². The van der Waals surface area contributed by atoms with E-state index in [1.54, 1.807) is 6.20 Å². The van der Waals surface area contributed by atoms with Crippen LogP contribution in [0, 0.1) is 0 Å². The molecule has 1 fully saturated rings. The maximum Gasteiger partial charge on any atom is 0.264 e. The van der Waals surface area contributed by atoms with E-state index in [-0.39, 0.29) is 5.91 Å². The van der Waals surface area contributed by atoms with Crippen LogP contribution in [0.5, 0.6) is 0 Å². The lowest BCUT2D eigenvalue weighted by molar-refractivity contribution is 0.0751. The van der Waals surface area contributed by atoms with Gasteiger partial charge in [0.25, 0.3) is 5.91 Å². The molecule has 0 atom stereocenters. The minimum atomic E-state index is 0.101. The van der Waals surface area contributed by atoms with Crippen molar-refractivity contribution in [3.8, 4) is 11.3 Å². The second kappa shape index (κ2) is 7.60. The van der Waals surface area contributed by atoms with Crippen LogP contribution in [0.4, 0.5) is 5.95 Å². The first-order chi connectivity index (χ1) is 14.3. The van der Waals surface area contributed by atoms with Crippen LogP contribution in [0.1, 0.15) is 9.67 Å². The lowest BCUT2D eigenvalue weighted by Crippen LogP contribution is -2.49. The number of anilines is 1. The van der Waals surface area contributed by atoms with Crippen molar-refractivity contribution in [1.82, 2.24) is 20.1 Å². The van der Waals surface area contributed by atoms with Crippen LogP contribution < -0.4 is 4.90 Å². The van der Waals surface area contributed by atoms with Crippen molar-refractivity contribution < 1.29 is 4.79 Å². The number of carbonyl (C=O) groups is 1. The van der Waals surface area contributed by atoms with Gasteiger partial charge in [-0.15, -0.1) is 16.4 Å². The molecule has 0 N–H and O–H groups in total. The molecule has 0 bridgehead atoms. The van der Waals surface area contributed by atoms with Crippen molar-refractivity contribution in [3.63, 3.8) is 0 Å². The summed E-state index contributed by atoms with van der Waals surface area (Å²) in [5.41, 5.74) is 1.82. The van der Waals surface area contributed by atoms with Crippen LogP contribution in [0.25, 0.3) is 22.0 Å². The maximum absolute atomic E-state index is 12.5. The Balaban J connectivity index is 1.33. The zero-order valence-corrected chi connectivity index (χ0v) is 16.5. The quantitative estimate of drug-likeness (QED) is 0.524. The van der Waals surface area contributed by atoms with Gasteiger partial charge in [-0.25, -0.2) is 4.98 Å². The zero-order valence-electron chi connectivity index (χ0n) is 15.7. The molecule has 0 aliphatic carbocycles. The Morgan fingerprint density at radius 2 is 1.76 bits per heavy atom. The highest BCUT2D eigenvalue weighted by Crippen LogP contribution is 2.24. The second-order valence-electron chi connectivity index (χ2n) is 6.96. The minimum absolute atomic E-state index is 0.101. The predicted octanol–water partition coefficient (Wildman–Crippen LogP) is 3.72. The fraction of sp³-hybridized carbons (Fsp3) is 0.182. The number of thiophene rings is 1. The van der Waals surface area contributed by atoms with E-state index in [2.05, 4.69) is 45.4 Å². The topological polar surface area (TPSA) is 62.2 Å². The van der Waals surface area contributed by atoms with Gasteiger partial charge in [0, 0.05) is 31.7 Å². The first-order valence-electron chi connectivity index (χ1n) is 9.54. The Morgan fingerprint density at radius 3 is 2.55 bits per heavy atom. The smallest absolute Gasteiger partial charge is 0.264 e. The predicted molar refractivity (Wildman–Crippen MR) is 115 cm³/mol. The first kappa shape index (κ1) is 17.8. The number of nitrogens with zero attached hydrogens (tertiary/aromatic N) is 5. The number of fused-ring (bicyclic) bond motifs is 1.